The molecule has 26 heavy (non-hydrogen) atoms. The van der Waals surface area contributed by atoms with Crippen LogP contribution in [-0.4, -0.2) is 39.5 Å². The SMILES string of the molecule is CNC(=O)COc1ccc2ncnc(Nc3nc4cccnc4s3)c2c1. The van der Waals surface area contributed by atoms with E-state index in [2.05, 4.69) is 30.6 Å². The van der Waals surface area contributed by atoms with E-state index < -0.39 is 0 Å². The van der Waals surface area contributed by atoms with Crippen molar-refractivity contribution in [3.8, 4) is 5.75 Å². The molecule has 0 aliphatic carbocycles. The van der Waals surface area contributed by atoms with Crippen molar-refractivity contribution in [2.45, 2.75) is 0 Å². The van der Waals surface area contributed by atoms with Crippen molar-refractivity contribution in [1.82, 2.24) is 25.3 Å². The Hall–Kier alpha value is -3.33. The van der Waals surface area contributed by atoms with E-state index in [0.29, 0.717) is 16.7 Å². The van der Waals surface area contributed by atoms with Crippen LogP contribution in [0.4, 0.5) is 10.9 Å². The van der Waals surface area contributed by atoms with Crippen LogP contribution >= 0.6 is 11.3 Å². The Morgan fingerprint density at radius 1 is 1.19 bits per heavy atom. The van der Waals surface area contributed by atoms with Gasteiger partial charge in [0.2, 0.25) is 0 Å². The summed E-state index contributed by atoms with van der Waals surface area (Å²) in [6, 6.07) is 9.14. The fourth-order valence-electron chi connectivity index (χ4n) is 2.37. The summed E-state index contributed by atoms with van der Waals surface area (Å²) in [6.07, 6.45) is 3.22. The lowest BCUT2D eigenvalue weighted by atomic mass is 10.2. The summed E-state index contributed by atoms with van der Waals surface area (Å²) in [4.78, 5) is 29.6. The number of thiazole rings is 1. The van der Waals surface area contributed by atoms with Gasteiger partial charge in [-0.05, 0) is 30.3 Å². The zero-order valence-electron chi connectivity index (χ0n) is 13.8. The summed E-state index contributed by atoms with van der Waals surface area (Å²) in [7, 11) is 1.56. The van der Waals surface area contributed by atoms with Crippen LogP contribution in [0.1, 0.15) is 0 Å². The number of fused-ring (bicyclic) bond motifs is 2. The summed E-state index contributed by atoms with van der Waals surface area (Å²) in [6.45, 7) is -0.0536. The Morgan fingerprint density at radius 3 is 2.96 bits per heavy atom. The number of nitrogens with zero attached hydrogens (tertiary/aromatic N) is 4. The number of anilines is 2. The molecule has 0 aliphatic heterocycles. The van der Waals surface area contributed by atoms with E-state index in [0.717, 1.165) is 21.3 Å². The number of carbonyl (C=O) groups excluding carboxylic acids is 1. The number of amides is 1. The van der Waals surface area contributed by atoms with Crippen LogP contribution in [0.3, 0.4) is 0 Å². The molecule has 0 atom stereocenters. The van der Waals surface area contributed by atoms with Gasteiger partial charge in [0, 0.05) is 18.6 Å². The van der Waals surface area contributed by atoms with Crippen molar-refractivity contribution in [3.05, 3.63) is 42.9 Å². The molecular weight excluding hydrogens is 352 g/mol. The van der Waals surface area contributed by atoms with E-state index in [1.54, 1.807) is 25.4 Å². The molecule has 4 aromatic rings. The Kier molecular flexibility index (Phi) is 4.28. The first kappa shape index (κ1) is 16.2. The highest BCUT2D eigenvalue weighted by Crippen LogP contribution is 2.30. The molecule has 0 unspecified atom stereocenters. The lowest BCUT2D eigenvalue weighted by Crippen LogP contribution is -2.24. The molecule has 3 heterocycles. The van der Waals surface area contributed by atoms with E-state index in [1.807, 2.05) is 18.2 Å². The monoisotopic (exact) mass is 366 g/mol. The molecule has 0 aliphatic rings. The maximum atomic E-state index is 11.4. The van der Waals surface area contributed by atoms with Crippen LogP contribution in [0, 0.1) is 0 Å². The third kappa shape index (κ3) is 3.24. The van der Waals surface area contributed by atoms with Crippen molar-refractivity contribution < 1.29 is 9.53 Å². The molecule has 9 heteroatoms. The van der Waals surface area contributed by atoms with Crippen molar-refractivity contribution in [2.75, 3.05) is 19.0 Å². The minimum atomic E-state index is -0.199. The fourth-order valence-corrected chi connectivity index (χ4v) is 3.18. The van der Waals surface area contributed by atoms with E-state index >= 15 is 0 Å². The molecule has 2 N–H and O–H groups in total. The Balaban J connectivity index is 1.66. The second kappa shape index (κ2) is 6.89. The minimum Gasteiger partial charge on any atom is -0.484 e. The summed E-state index contributed by atoms with van der Waals surface area (Å²) in [5, 5.41) is 7.20. The first-order valence-corrected chi connectivity index (χ1v) is 8.61. The molecular formula is C17H14N6O2S. The molecule has 0 bridgehead atoms. The number of nitrogens with one attached hydrogen (secondary N) is 2. The predicted molar refractivity (Wildman–Crippen MR) is 99.8 cm³/mol. The van der Waals surface area contributed by atoms with Crippen LogP contribution in [0.25, 0.3) is 21.3 Å². The highest BCUT2D eigenvalue weighted by Gasteiger charge is 2.10. The average molecular weight is 366 g/mol. The molecule has 0 fully saturated rings. The maximum Gasteiger partial charge on any atom is 0.257 e. The van der Waals surface area contributed by atoms with Crippen molar-refractivity contribution in [2.24, 2.45) is 0 Å². The van der Waals surface area contributed by atoms with E-state index in [1.165, 1.54) is 17.7 Å². The summed E-state index contributed by atoms with van der Waals surface area (Å²) in [5.74, 6) is 0.971. The first-order valence-electron chi connectivity index (χ1n) is 7.79. The van der Waals surface area contributed by atoms with Crippen LogP contribution in [-0.2, 0) is 4.79 Å². The summed E-state index contributed by atoms with van der Waals surface area (Å²) in [5.41, 5.74) is 1.59. The zero-order valence-corrected chi connectivity index (χ0v) is 14.6. The topological polar surface area (TPSA) is 102 Å². The van der Waals surface area contributed by atoms with Gasteiger partial charge in [-0.3, -0.25) is 4.79 Å². The van der Waals surface area contributed by atoms with Gasteiger partial charge in [0.25, 0.3) is 5.91 Å². The highest BCUT2D eigenvalue weighted by molar-refractivity contribution is 7.21. The zero-order chi connectivity index (χ0) is 17.9. The lowest BCUT2D eigenvalue weighted by Gasteiger charge is -2.09. The summed E-state index contributed by atoms with van der Waals surface area (Å²) >= 11 is 1.44. The number of hydrogen-bond acceptors (Lipinski definition) is 8. The van der Waals surface area contributed by atoms with E-state index in [4.69, 9.17) is 4.74 Å². The third-order valence-corrected chi connectivity index (χ3v) is 4.54. The first-order chi connectivity index (χ1) is 12.7. The van der Waals surface area contributed by atoms with Crippen LogP contribution in [0.5, 0.6) is 5.75 Å². The number of likely N-dealkylation sites (N-methyl/N-ethyl adjacent to an activating group) is 1. The second-order valence-electron chi connectivity index (χ2n) is 5.33. The average Bonchev–Trinajstić information content (AvgIpc) is 3.08. The van der Waals surface area contributed by atoms with Gasteiger partial charge in [-0.2, -0.15) is 0 Å². The Bertz CT molecular complexity index is 1060. The van der Waals surface area contributed by atoms with Gasteiger partial charge in [-0.25, -0.2) is 19.9 Å². The van der Waals surface area contributed by atoms with Crippen molar-refractivity contribution in [1.29, 1.82) is 0 Å². The fraction of sp³-hybridized carbons (Fsp3) is 0.118. The number of hydrogen-bond donors (Lipinski definition) is 2. The van der Waals surface area contributed by atoms with Crippen molar-refractivity contribution in [3.63, 3.8) is 0 Å². The van der Waals surface area contributed by atoms with Crippen LogP contribution in [0.2, 0.25) is 0 Å². The smallest absolute Gasteiger partial charge is 0.257 e. The lowest BCUT2D eigenvalue weighted by molar-refractivity contribution is -0.122. The number of rotatable bonds is 5. The van der Waals surface area contributed by atoms with Gasteiger partial charge >= 0.3 is 0 Å². The molecule has 0 saturated heterocycles. The molecule has 1 amide bonds. The molecule has 1 aromatic carbocycles. The largest absolute Gasteiger partial charge is 0.484 e. The van der Waals surface area contributed by atoms with Gasteiger partial charge in [-0.1, -0.05) is 11.3 Å². The van der Waals surface area contributed by atoms with Gasteiger partial charge < -0.3 is 15.4 Å². The predicted octanol–water partition coefficient (Wildman–Crippen LogP) is 2.50. The van der Waals surface area contributed by atoms with E-state index in [9.17, 15) is 4.79 Å². The molecule has 4 rings (SSSR count). The van der Waals surface area contributed by atoms with Gasteiger partial charge in [0.1, 0.15) is 28.2 Å². The van der Waals surface area contributed by atoms with Gasteiger partial charge in [-0.15, -0.1) is 0 Å². The van der Waals surface area contributed by atoms with Crippen LogP contribution in [0.15, 0.2) is 42.9 Å². The number of aromatic nitrogens is 4. The molecule has 130 valence electrons. The quantitative estimate of drug-likeness (QED) is 0.559. The maximum absolute atomic E-state index is 11.4. The third-order valence-electron chi connectivity index (χ3n) is 3.65. The van der Waals surface area contributed by atoms with Gasteiger partial charge in [0.15, 0.2) is 11.7 Å². The second-order valence-corrected chi connectivity index (χ2v) is 6.31. The standard InChI is InChI=1S/C17H14N6O2S/c1-18-14(24)8-25-10-4-5-12-11(7-10)15(21-9-20-12)23-17-22-13-3-2-6-19-16(13)26-17/h2-7,9H,8H2,1H3,(H,18,24)(H,20,21,22,23). The Labute approximate surface area is 152 Å². The normalized spacial score (nSPS) is 10.8. The minimum absolute atomic E-state index is 0.0536. The molecule has 8 nitrogen and oxygen atoms in total. The summed E-state index contributed by atoms with van der Waals surface area (Å²) < 4.78 is 5.50. The number of carbonyl (C=O) groups is 1. The van der Waals surface area contributed by atoms with Gasteiger partial charge in [0.05, 0.1) is 5.52 Å². The highest BCUT2D eigenvalue weighted by atomic mass is 32.1. The van der Waals surface area contributed by atoms with Crippen molar-refractivity contribution >= 4 is 49.4 Å². The molecule has 0 saturated carbocycles. The number of pyridine rings is 1. The molecule has 3 aromatic heterocycles. The number of benzene rings is 1. The molecule has 0 spiro atoms. The molecule has 0 radical (unpaired) electrons. The van der Waals surface area contributed by atoms with E-state index in [-0.39, 0.29) is 12.5 Å². The Morgan fingerprint density at radius 2 is 2.12 bits per heavy atom. The van der Waals surface area contributed by atoms with Crippen LogP contribution < -0.4 is 15.4 Å². The number of ether oxygens (including phenoxy) is 1.